The zero-order chi connectivity index (χ0) is 25.8. The molecule has 0 saturated carbocycles. The van der Waals surface area contributed by atoms with Crippen LogP contribution in [0.3, 0.4) is 0 Å². The van der Waals surface area contributed by atoms with Gasteiger partial charge in [0, 0.05) is 32.2 Å². The number of carbonyl (C=O) groups excluding carboxylic acids is 2. The monoisotopic (exact) mass is 499 g/mol. The van der Waals surface area contributed by atoms with Crippen molar-refractivity contribution in [1.29, 1.82) is 0 Å². The Bertz CT molecular complexity index is 858. The molecule has 3 aliphatic rings. The Labute approximate surface area is 217 Å². The molecule has 0 bridgehead atoms. The summed E-state index contributed by atoms with van der Waals surface area (Å²) in [6.07, 6.45) is 6.30. The molecule has 1 unspecified atom stereocenters. The van der Waals surface area contributed by atoms with E-state index in [9.17, 15) is 9.59 Å². The lowest BCUT2D eigenvalue weighted by Crippen LogP contribution is -2.52. The molecule has 200 valence electrons. The summed E-state index contributed by atoms with van der Waals surface area (Å²) < 4.78 is 11.1. The number of amides is 2. The van der Waals surface area contributed by atoms with Crippen LogP contribution in [0.1, 0.15) is 71.8 Å². The molecule has 7 nitrogen and oxygen atoms in total. The van der Waals surface area contributed by atoms with Gasteiger partial charge in [-0.05, 0) is 96.2 Å². The van der Waals surface area contributed by atoms with Crippen LogP contribution in [-0.2, 0) is 16.1 Å². The van der Waals surface area contributed by atoms with Crippen molar-refractivity contribution in [3.63, 3.8) is 0 Å². The smallest absolute Gasteiger partial charge is 0.410 e. The number of nitrogens with zero attached hydrogens (tertiary/aromatic N) is 3. The summed E-state index contributed by atoms with van der Waals surface area (Å²) in [5.74, 6) is 0.617. The van der Waals surface area contributed by atoms with Crippen molar-refractivity contribution in [2.75, 3.05) is 39.3 Å². The maximum atomic E-state index is 12.5. The first-order valence-electron chi connectivity index (χ1n) is 13.8. The molecule has 0 aliphatic carbocycles. The van der Waals surface area contributed by atoms with Gasteiger partial charge in [0.05, 0.1) is 0 Å². The minimum Gasteiger partial charge on any atom is -0.445 e. The van der Waals surface area contributed by atoms with Gasteiger partial charge in [0.1, 0.15) is 12.2 Å². The predicted octanol–water partition coefficient (Wildman–Crippen LogP) is 5.54. The zero-order valence-corrected chi connectivity index (χ0v) is 22.7. The predicted molar refractivity (Wildman–Crippen MR) is 141 cm³/mol. The number of carbonyl (C=O) groups is 2. The van der Waals surface area contributed by atoms with Crippen molar-refractivity contribution in [1.82, 2.24) is 14.7 Å². The van der Waals surface area contributed by atoms with Gasteiger partial charge >= 0.3 is 12.2 Å². The van der Waals surface area contributed by atoms with Crippen LogP contribution >= 0.6 is 0 Å². The fourth-order valence-corrected chi connectivity index (χ4v) is 6.07. The van der Waals surface area contributed by atoms with E-state index in [1.807, 2.05) is 60.9 Å². The molecular formula is C29H45N3O4. The lowest BCUT2D eigenvalue weighted by Gasteiger charge is -2.49. The molecule has 7 heteroatoms. The van der Waals surface area contributed by atoms with Gasteiger partial charge in [-0.25, -0.2) is 9.59 Å². The summed E-state index contributed by atoms with van der Waals surface area (Å²) in [7, 11) is 0. The number of hydrogen-bond donors (Lipinski definition) is 0. The van der Waals surface area contributed by atoms with Crippen molar-refractivity contribution < 1.29 is 19.1 Å². The Morgan fingerprint density at radius 2 is 1.44 bits per heavy atom. The van der Waals surface area contributed by atoms with E-state index in [0.717, 1.165) is 70.5 Å². The molecular weight excluding hydrogens is 454 g/mol. The molecule has 1 aromatic rings. The first kappa shape index (κ1) is 26.8. The summed E-state index contributed by atoms with van der Waals surface area (Å²) >= 11 is 0. The molecule has 0 aromatic heterocycles. The van der Waals surface area contributed by atoms with Gasteiger partial charge in [-0.1, -0.05) is 30.3 Å². The summed E-state index contributed by atoms with van der Waals surface area (Å²) in [6, 6.07) is 10.4. The SMILES string of the molecule is CC(C1CCN(C(=O)OCc2ccccc2)CC1)N1CCC2(CCN(C(=O)OC(C)(C)C)CC2)CC1. The molecule has 3 aliphatic heterocycles. The van der Waals surface area contributed by atoms with Crippen molar-refractivity contribution in [3.8, 4) is 0 Å². The maximum absolute atomic E-state index is 12.5. The largest absolute Gasteiger partial charge is 0.445 e. The van der Waals surface area contributed by atoms with Crippen molar-refractivity contribution in [2.24, 2.45) is 11.3 Å². The van der Waals surface area contributed by atoms with E-state index in [4.69, 9.17) is 9.47 Å². The van der Waals surface area contributed by atoms with Crippen LogP contribution in [0, 0.1) is 11.3 Å². The number of ether oxygens (including phenoxy) is 2. The van der Waals surface area contributed by atoms with Crippen LogP contribution in [-0.4, -0.2) is 77.8 Å². The second kappa shape index (κ2) is 11.4. The molecule has 3 saturated heterocycles. The summed E-state index contributed by atoms with van der Waals surface area (Å²) in [6.45, 7) is 13.9. The third kappa shape index (κ3) is 6.93. The standard InChI is InChI=1S/C29H45N3O4/c1-23(25-10-16-31(17-11-25)26(33)35-22-24-8-6-5-7-9-24)30-18-12-29(13-19-30)14-20-32(21-15-29)27(34)36-28(2,3)4/h5-9,23,25H,10-22H2,1-4H3. The van der Waals surface area contributed by atoms with Gasteiger partial charge in [0.25, 0.3) is 0 Å². The Hall–Kier alpha value is -2.28. The minimum absolute atomic E-state index is 0.168. The summed E-state index contributed by atoms with van der Waals surface area (Å²) in [4.78, 5) is 31.4. The van der Waals surface area contributed by atoms with Crippen molar-refractivity contribution in [3.05, 3.63) is 35.9 Å². The molecule has 1 atom stereocenters. The number of piperidine rings is 3. The van der Waals surface area contributed by atoms with E-state index in [0.29, 0.717) is 24.0 Å². The van der Waals surface area contributed by atoms with Gasteiger partial charge in [-0.3, -0.25) is 0 Å². The molecule has 3 fully saturated rings. The van der Waals surface area contributed by atoms with Crippen LogP contribution < -0.4 is 0 Å². The van der Waals surface area contributed by atoms with E-state index in [-0.39, 0.29) is 12.2 Å². The molecule has 3 heterocycles. The Kier molecular flexibility index (Phi) is 8.48. The fourth-order valence-electron chi connectivity index (χ4n) is 6.07. The van der Waals surface area contributed by atoms with Crippen LogP contribution in [0.2, 0.25) is 0 Å². The van der Waals surface area contributed by atoms with Crippen molar-refractivity contribution in [2.45, 2.75) is 84.5 Å². The van der Waals surface area contributed by atoms with E-state index >= 15 is 0 Å². The van der Waals surface area contributed by atoms with E-state index in [2.05, 4.69) is 11.8 Å². The lowest BCUT2D eigenvalue weighted by atomic mass is 9.70. The number of hydrogen-bond acceptors (Lipinski definition) is 5. The quantitative estimate of drug-likeness (QED) is 0.545. The highest BCUT2D eigenvalue weighted by atomic mass is 16.6. The normalized spacial score (nSPS) is 22.3. The average molecular weight is 500 g/mol. The van der Waals surface area contributed by atoms with Gasteiger partial charge < -0.3 is 24.2 Å². The third-order valence-corrected chi connectivity index (χ3v) is 8.60. The second-order valence-electron chi connectivity index (χ2n) is 12.1. The number of benzene rings is 1. The summed E-state index contributed by atoms with van der Waals surface area (Å²) in [5.41, 5.74) is 0.958. The number of likely N-dealkylation sites (tertiary alicyclic amines) is 3. The van der Waals surface area contributed by atoms with E-state index in [1.165, 1.54) is 12.8 Å². The van der Waals surface area contributed by atoms with Crippen LogP contribution in [0.4, 0.5) is 9.59 Å². The minimum atomic E-state index is -0.438. The molecule has 4 rings (SSSR count). The fraction of sp³-hybridized carbons (Fsp3) is 0.724. The second-order valence-corrected chi connectivity index (χ2v) is 12.1. The van der Waals surface area contributed by atoms with E-state index < -0.39 is 5.60 Å². The zero-order valence-electron chi connectivity index (χ0n) is 22.7. The summed E-state index contributed by atoms with van der Waals surface area (Å²) in [5, 5.41) is 0. The highest BCUT2D eigenvalue weighted by Crippen LogP contribution is 2.42. The average Bonchev–Trinajstić information content (AvgIpc) is 2.87. The molecule has 1 aromatic carbocycles. The van der Waals surface area contributed by atoms with Gasteiger partial charge in [-0.15, -0.1) is 0 Å². The van der Waals surface area contributed by atoms with Crippen molar-refractivity contribution >= 4 is 12.2 Å². The van der Waals surface area contributed by atoms with Crippen LogP contribution in [0.15, 0.2) is 30.3 Å². The first-order valence-corrected chi connectivity index (χ1v) is 13.8. The molecule has 0 N–H and O–H groups in total. The maximum Gasteiger partial charge on any atom is 0.410 e. The van der Waals surface area contributed by atoms with E-state index in [1.54, 1.807) is 0 Å². The van der Waals surface area contributed by atoms with Gasteiger partial charge in [0.2, 0.25) is 0 Å². The third-order valence-electron chi connectivity index (χ3n) is 8.60. The number of rotatable bonds is 4. The Morgan fingerprint density at radius 3 is 2.03 bits per heavy atom. The topological polar surface area (TPSA) is 62.3 Å². The highest BCUT2D eigenvalue weighted by molar-refractivity contribution is 5.68. The molecule has 0 radical (unpaired) electrons. The van der Waals surface area contributed by atoms with Gasteiger partial charge in [-0.2, -0.15) is 0 Å². The Morgan fingerprint density at radius 1 is 0.889 bits per heavy atom. The Balaban J connectivity index is 1.17. The first-order chi connectivity index (χ1) is 17.1. The molecule has 36 heavy (non-hydrogen) atoms. The van der Waals surface area contributed by atoms with Gasteiger partial charge in [0.15, 0.2) is 0 Å². The molecule has 1 spiro atoms. The van der Waals surface area contributed by atoms with Crippen LogP contribution in [0.5, 0.6) is 0 Å². The highest BCUT2D eigenvalue weighted by Gasteiger charge is 2.41. The molecule has 2 amide bonds. The lowest BCUT2D eigenvalue weighted by molar-refractivity contribution is -0.0126. The van der Waals surface area contributed by atoms with Crippen LogP contribution in [0.25, 0.3) is 0 Å².